The van der Waals surface area contributed by atoms with Gasteiger partial charge in [0, 0.05) is 37.5 Å². The van der Waals surface area contributed by atoms with Crippen LogP contribution >= 0.6 is 0 Å². The Kier molecular flexibility index (Phi) is 3.85. The van der Waals surface area contributed by atoms with Crippen LogP contribution in [-0.4, -0.2) is 19.2 Å². The van der Waals surface area contributed by atoms with Gasteiger partial charge >= 0.3 is 0 Å². The fraction of sp³-hybridized carbons (Fsp3) is 0.188. The molecule has 19 heavy (non-hydrogen) atoms. The smallest absolute Gasteiger partial charge is 0.216 e. The first kappa shape index (κ1) is 13.1. The summed E-state index contributed by atoms with van der Waals surface area (Å²) in [4.78, 5) is 2.04. The lowest BCUT2D eigenvalue weighted by Crippen LogP contribution is -2.25. The van der Waals surface area contributed by atoms with Crippen LogP contribution in [0.3, 0.4) is 0 Å². The molecule has 1 heterocycles. The zero-order chi connectivity index (χ0) is 13.8. The average molecular weight is 255 g/mol. The van der Waals surface area contributed by atoms with E-state index in [1.165, 1.54) is 5.56 Å². The summed E-state index contributed by atoms with van der Waals surface area (Å²) in [6.45, 7) is 2.03. The van der Waals surface area contributed by atoms with Gasteiger partial charge in [0.05, 0.1) is 0 Å². The molecule has 1 aromatic heterocycles. The van der Waals surface area contributed by atoms with Gasteiger partial charge in [-0.1, -0.05) is 29.8 Å². The minimum Gasteiger partial charge on any atom is -0.502 e. The largest absolute Gasteiger partial charge is 0.502 e. The molecular weight excluding hydrogens is 236 g/mol. The fourth-order valence-electron chi connectivity index (χ4n) is 1.75. The first-order valence-corrected chi connectivity index (χ1v) is 6.22. The third kappa shape index (κ3) is 3.35. The maximum atomic E-state index is 10.1. The van der Waals surface area contributed by atoms with Gasteiger partial charge in [-0.05, 0) is 6.92 Å². The zero-order valence-electron chi connectivity index (χ0n) is 11.5. The monoisotopic (exact) mass is 255 g/mol. The van der Waals surface area contributed by atoms with Gasteiger partial charge in [0.25, 0.3) is 0 Å². The van der Waals surface area contributed by atoms with Crippen molar-refractivity contribution in [2.45, 2.75) is 6.92 Å². The number of aliphatic hydroxyl groups is 1. The molecule has 3 nitrogen and oxygen atoms in total. The van der Waals surface area contributed by atoms with Gasteiger partial charge in [-0.15, -0.1) is 0 Å². The van der Waals surface area contributed by atoms with Crippen LogP contribution in [-0.2, 0) is 0 Å². The van der Waals surface area contributed by atoms with Gasteiger partial charge in [0.15, 0.2) is 18.2 Å². The molecule has 0 atom stereocenters. The Morgan fingerprint density at radius 3 is 2.16 bits per heavy atom. The van der Waals surface area contributed by atoms with E-state index in [0.29, 0.717) is 0 Å². The van der Waals surface area contributed by atoms with Crippen molar-refractivity contribution in [2.24, 2.45) is 0 Å². The Balaban J connectivity index is 2.22. The van der Waals surface area contributed by atoms with Gasteiger partial charge in [0.1, 0.15) is 0 Å². The Labute approximate surface area is 114 Å². The topological polar surface area (TPSA) is 27.4 Å². The van der Waals surface area contributed by atoms with Crippen molar-refractivity contribution in [3.63, 3.8) is 0 Å². The number of hydrogen-bond acceptors (Lipinski definition) is 2. The van der Waals surface area contributed by atoms with E-state index in [0.717, 1.165) is 11.3 Å². The highest BCUT2D eigenvalue weighted by Crippen LogP contribution is 2.12. The highest BCUT2D eigenvalue weighted by atomic mass is 16.3. The van der Waals surface area contributed by atoms with E-state index >= 15 is 0 Å². The molecule has 0 bridgehead atoms. The van der Waals surface area contributed by atoms with Crippen molar-refractivity contribution in [2.75, 3.05) is 19.0 Å². The van der Waals surface area contributed by atoms with Crippen molar-refractivity contribution in [3.05, 3.63) is 59.9 Å². The lowest BCUT2D eigenvalue weighted by atomic mass is 10.1. The van der Waals surface area contributed by atoms with E-state index in [9.17, 15) is 5.11 Å². The molecule has 1 N–H and O–H groups in total. The molecule has 0 amide bonds. The Morgan fingerprint density at radius 2 is 1.63 bits per heavy atom. The second-order valence-corrected chi connectivity index (χ2v) is 4.78. The number of aliphatic hydroxyl groups excluding tert-OH is 1. The number of aromatic nitrogens is 1. The van der Waals surface area contributed by atoms with Gasteiger partial charge in [-0.25, -0.2) is 0 Å². The van der Waals surface area contributed by atoms with Crippen LogP contribution in [0.4, 0.5) is 5.69 Å². The third-order valence-corrected chi connectivity index (χ3v) is 2.97. The average Bonchev–Trinajstić information content (AvgIpc) is 2.40. The molecule has 0 fully saturated rings. The molecule has 98 valence electrons. The molecule has 0 aliphatic heterocycles. The number of nitrogens with zero attached hydrogens (tertiary/aromatic N) is 2. The third-order valence-electron chi connectivity index (χ3n) is 2.97. The summed E-state index contributed by atoms with van der Waals surface area (Å²) in [7, 11) is 4.00. The number of pyridine rings is 1. The summed E-state index contributed by atoms with van der Waals surface area (Å²) >= 11 is 0. The zero-order valence-corrected chi connectivity index (χ0v) is 11.5. The minimum absolute atomic E-state index is 0.252. The molecule has 0 aliphatic rings. The number of rotatable bonds is 3. The molecule has 2 aromatic rings. The number of benzene rings is 1. The van der Waals surface area contributed by atoms with Crippen molar-refractivity contribution >= 4 is 17.6 Å². The number of hydrogen-bond donors (Lipinski definition) is 1. The van der Waals surface area contributed by atoms with Crippen molar-refractivity contribution in [1.82, 2.24) is 0 Å². The SMILES string of the molecule is Cc1ccc(/C(O)=C/[n+]2ccc(N(C)C)cc2)cc1. The molecule has 2 rings (SSSR count). The summed E-state index contributed by atoms with van der Waals surface area (Å²) in [6, 6.07) is 11.8. The normalized spacial score (nSPS) is 11.4. The van der Waals surface area contributed by atoms with Crippen molar-refractivity contribution < 1.29 is 9.67 Å². The van der Waals surface area contributed by atoms with Crippen molar-refractivity contribution in [1.29, 1.82) is 0 Å². The minimum atomic E-state index is 0.252. The molecule has 0 unspecified atom stereocenters. The van der Waals surface area contributed by atoms with Crippen LogP contribution in [0.25, 0.3) is 12.0 Å². The molecule has 0 spiro atoms. The molecular formula is C16H19N2O+. The van der Waals surface area contributed by atoms with Gasteiger partial charge < -0.3 is 10.0 Å². The maximum absolute atomic E-state index is 10.1. The Morgan fingerprint density at radius 1 is 1.05 bits per heavy atom. The summed E-state index contributed by atoms with van der Waals surface area (Å²) in [6.07, 6.45) is 5.53. The first-order chi connectivity index (χ1) is 9.06. The highest BCUT2D eigenvalue weighted by Gasteiger charge is 2.04. The lowest BCUT2D eigenvalue weighted by Gasteiger charge is -2.09. The number of anilines is 1. The molecule has 3 heteroatoms. The predicted molar refractivity (Wildman–Crippen MR) is 78.9 cm³/mol. The summed E-state index contributed by atoms with van der Waals surface area (Å²) in [5.74, 6) is 0.252. The Bertz CT molecular complexity index is 569. The maximum Gasteiger partial charge on any atom is 0.216 e. The van der Waals surface area contributed by atoms with Crippen LogP contribution in [0.5, 0.6) is 0 Å². The molecule has 0 radical (unpaired) electrons. The Hall–Kier alpha value is -2.29. The summed E-state index contributed by atoms with van der Waals surface area (Å²) < 4.78 is 1.84. The van der Waals surface area contributed by atoms with E-state index in [2.05, 4.69) is 0 Å². The van der Waals surface area contributed by atoms with Crippen LogP contribution in [0.15, 0.2) is 48.8 Å². The van der Waals surface area contributed by atoms with E-state index in [-0.39, 0.29) is 5.76 Å². The van der Waals surface area contributed by atoms with E-state index in [1.54, 1.807) is 6.20 Å². The second kappa shape index (κ2) is 5.57. The summed E-state index contributed by atoms with van der Waals surface area (Å²) in [5, 5.41) is 10.1. The fourth-order valence-corrected chi connectivity index (χ4v) is 1.75. The second-order valence-electron chi connectivity index (χ2n) is 4.78. The van der Waals surface area contributed by atoms with Crippen molar-refractivity contribution in [3.8, 4) is 0 Å². The molecule has 1 aromatic carbocycles. The van der Waals surface area contributed by atoms with E-state index < -0.39 is 0 Å². The molecule has 0 saturated heterocycles. The van der Waals surface area contributed by atoms with Gasteiger partial charge in [-0.3, -0.25) is 0 Å². The quantitative estimate of drug-likeness (QED) is 0.674. The van der Waals surface area contributed by atoms with Crippen LogP contribution < -0.4 is 9.47 Å². The molecule has 0 aliphatic carbocycles. The number of aryl methyl sites for hydroxylation is 1. The van der Waals surface area contributed by atoms with Gasteiger partial charge in [0.2, 0.25) is 6.20 Å². The highest BCUT2D eigenvalue weighted by molar-refractivity contribution is 5.65. The van der Waals surface area contributed by atoms with Gasteiger partial charge in [-0.2, -0.15) is 4.57 Å². The van der Waals surface area contributed by atoms with E-state index in [4.69, 9.17) is 0 Å². The predicted octanol–water partition coefficient (Wildman–Crippen LogP) is 2.86. The standard InChI is InChI=1S/C16H18N2O/c1-13-4-6-14(7-5-13)16(19)12-18-10-8-15(9-11-18)17(2)3/h4-12H,1-3H3/p+1/b16-12-. The lowest BCUT2D eigenvalue weighted by molar-refractivity contribution is -0.568. The van der Waals surface area contributed by atoms with E-state index in [1.807, 2.05) is 79.3 Å². The van der Waals surface area contributed by atoms with Crippen LogP contribution in [0.2, 0.25) is 0 Å². The summed E-state index contributed by atoms with van der Waals surface area (Å²) in [5.41, 5.74) is 3.12. The molecule has 0 saturated carbocycles. The van der Waals surface area contributed by atoms with Crippen LogP contribution in [0, 0.1) is 6.92 Å². The first-order valence-electron chi connectivity index (χ1n) is 6.22. The van der Waals surface area contributed by atoms with Crippen LogP contribution in [0.1, 0.15) is 11.1 Å².